The second-order valence-corrected chi connectivity index (χ2v) is 8.76. The third-order valence-corrected chi connectivity index (χ3v) is 6.65. The Balaban J connectivity index is 2.15. The number of para-hydroxylation sites is 1. The number of fused-ring (bicyclic) bond motifs is 1. The summed E-state index contributed by atoms with van der Waals surface area (Å²) in [6.45, 7) is 1.93. The first kappa shape index (κ1) is 17.9. The number of nitrogens with zero attached hydrogens (tertiary/aromatic N) is 1. The third-order valence-electron chi connectivity index (χ3n) is 4.34. The van der Waals surface area contributed by atoms with Crippen LogP contribution in [0, 0.1) is 0 Å². The molecule has 1 aliphatic rings. The lowest BCUT2D eigenvalue weighted by Gasteiger charge is -2.22. The molecule has 3 rings (SSSR count). The van der Waals surface area contributed by atoms with Crippen molar-refractivity contribution in [2.45, 2.75) is 30.6 Å². The van der Waals surface area contributed by atoms with Crippen LogP contribution in [0.15, 0.2) is 51.8 Å². The fourth-order valence-electron chi connectivity index (χ4n) is 3.19. The molecule has 25 heavy (non-hydrogen) atoms. The Hall–Kier alpha value is -1.86. The van der Waals surface area contributed by atoms with E-state index in [1.807, 2.05) is 13.0 Å². The van der Waals surface area contributed by atoms with Crippen LogP contribution in [0.4, 0.5) is 5.69 Å². The Morgan fingerprint density at radius 3 is 2.52 bits per heavy atom. The number of benzene rings is 2. The third kappa shape index (κ3) is 3.18. The van der Waals surface area contributed by atoms with Gasteiger partial charge in [0.15, 0.2) is 0 Å². The van der Waals surface area contributed by atoms with Gasteiger partial charge >= 0.3 is 5.97 Å². The molecule has 2 aromatic rings. The molecule has 0 radical (unpaired) electrons. The molecule has 0 saturated carbocycles. The summed E-state index contributed by atoms with van der Waals surface area (Å²) in [6, 6.07) is 11.8. The van der Waals surface area contributed by atoms with Gasteiger partial charge in [-0.15, -0.1) is 0 Å². The van der Waals surface area contributed by atoms with Gasteiger partial charge in [0.25, 0.3) is 10.0 Å². The summed E-state index contributed by atoms with van der Waals surface area (Å²) < 4.78 is 28.3. The van der Waals surface area contributed by atoms with E-state index in [4.69, 9.17) is 0 Å². The minimum atomic E-state index is -3.83. The molecule has 0 fully saturated rings. The van der Waals surface area contributed by atoms with Crippen LogP contribution in [-0.4, -0.2) is 26.0 Å². The molecule has 1 N–H and O–H groups in total. The van der Waals surface area contributed by atoms with Gasteiger partial charge in [-0.25, -0.2) is 8.42 Å². The molecule has 1 unspecified atom stereocenters. The van der Waals surface area contributed by atoms with E-state index < -0.39 is 21.9 Å². The molecule has 1 atom stereocenters. The predicted molar refractivity (Wildman–Crippen MR) is 99.5 cm³/mol. The number of carboxylic acids is 1. The number of rotatable bonds is 5. The number of sulfonamides is 1. The lowest BCUT2D eigenvalue weighted by molar-refractivity contribution is -0.138. The van der Waals surface area contributed by atoms with Crippen molar-refractivity contribution in [2.75, 3.05) is 10.8 Å². The number of hydrogen-bond donors (Lipinski definition) is 1. The number of aryl methyl sites for hydroxylation is 1. The SMILES string of the molecule is CCCc1cccc2c1N(S(=O)(=O)c1ccc(Br)cc1)CC2C(=O)O. The Kier molecular flexibility index (Phi) is 4.88. The summed E-state index contributed by atoms with van der Waals surface area (Å²) in [7, 11) is -3.83. The summed E-state index contributed by atoms with van der Waals surface area (Å²) in [6.07, 6.45) is 1.54. The molecule has 0 saturated heterocycles. The Morgan fingerprint density at radius 1 is 1.24 bits per heavy atom. The Morgan fingerprint density at radius 2 is 1.92 bits per heavy atom. The molecule has 2 aromatic carbocycles. The first-order valence-corrected chi connectivity index (χ1v) is 10.2. The lowest BCUT2D eigenvalue weighted by Crippen LogP contribution is -2.31. The summed E-state index contributed by atoms with van der Waals surface area (Å²) >= 11 is 3.30. The van der Waals surface area contributed by atoms with E-state index in [-0.39, 0.29) is 11.4 Å². The van der Waals surface area contributed by atoms with Crippen molar-refractivity contribution in [2.24, 2.45) is 0 Å². The van der Waals surface area contributed by atoms with Gasteiger partial charge in [-0.2, -0.15) is 0 Å². The van der Waals surface area contributed by atoms with Crippen LogP contribution >= 0.6 is 15.9 Å². The fraction of sp³-hybridized carbons (Fsp3) is 0.278. The number of hydrogen-bond acceptors (Lipinski definition) is 3. The first-order chi connectivity index (χ1) is 11.9. The molecule has 0 aromatic heterocycles. The zero-order valence-corrected chi connectivity index (χ0v) is 16.0. The zero-order chi connectivity index (χ0) is 18.2. The molecular weight excluding hydrogens is 406 g/mol. The van der Waals surface area contributed by atoms with Crippen LogP contribution < -0.4 is 4.31 Å². The van der Waals surface area contributed by atoms with Crippen LogP contribution in [-0.2, 0) is 21.2 Å². The van der Waals surface area contributed by atoms with E-state index >= 15 is 0 Å². The topological polar surface area (TPSA) is 74.7 Å². The molecule has 0 spiro atoms. The van der Waals surface area contributed by atoms with E-state index in [0.717, 1.165) is 16.5 Å². The largest absolute Gasteiger partial charge is 0.481 e. The van der Waals surface area contributed by atoms with Gasteiger partial charge in [0.1, 0.15) is 5.92 Å². The average molecular weight is 424 g/mol. The molecule has 7 heteroatoms. The maximum absolute atomic E-state index is 13.2. The van der Waals surface area contributed by atoms with Gasteiger partial charge in [-0.05, 0) is 41.8 Å². The van der Waals surface area contributed by atoms with Crippen molar-refractivity contribution in [3.63, 3.8) is 0 Å². The van der Waals surface area contributed by atoms with Gasteiger partial charge in [0.05, 0.1) is 17.1 Å². The summed E-state index contributed by atoms with van der Waals surface area (Å²) in [4.78, 5) is 11.8. The highest BCUT2D eigenvalue weighted by Crippen LogP contribution is 2.42. The molecule has 0 amide bonds. The molecular formula is C18H18BrNO4S. The van der Waals surface area contributed by atoms with E-state index in [2.05, 4.69) is 15.9 Å². The monoisotopic (exact) mass is 423 g/mol. The summed E-state index contributed by atoms with van der Waals surface area (Å²) in [5.41, 5.74) is 1.96. The van der Waals surface area contributed by atoms with Gasteiger partial charge < -0.3 is 5.11 Å². The van der Waals surface area contributed by atoms with Crippen molar-refractivity contribution in [3.8, 4) is 0 Å². The average Bonchev–Trinajstić information content (AvgIpc) is 2.97. The van der Waals surface area contributed by atoms with Gasteiger partial charge in [0, 0.05) is 4.47 Å². The van der Waals surface area contributed by atoms with Crippen molar-refractivity contribution < 1.29 is 18.3 Å². The number of anilines is 1. The van der Waals surface area contributed by atoms with Crippen molar-refractivity contribution >= 4 is 37.6 Å². The van der Waals surface area contributed by atoms with Gasteiger partial charge in [-0.3, -0.25) is 9.10 Å². The van der Waals surface area contributed by atoms with Crippen LogP contribution in [0.2, 0.25) is 0 Å². The highest BCUT2D eigenvalue weighted by molar-refractivity contribution is 9.10. The fourth-order valence-corrected chi connectivity index (χ4v) is 4.99. The van der Waals surface area contributed by atoms with Crippen molar-refractivity contribution in [1.82, 2.24) is 0 Å². The maximum atomic E-state index is 13.2. The first-order valence-electron chi connectivity index (χ1n) is 7.99. The molecule has 5 nitrogen and oxygen atoms in total. The molecule has 0 aliphatic carbocycles. The van der Waals surface area contributed by atoms with E-state index in [1.54, 1.807) is 24.3 Å². The zero-order valence-electron chi connectivity index (χ0n) is 13.6. The lowest BCUT2D eigenvalue weighted by atomic mass is 9.97. The molecule has 0 bridgehead atoms. The minimum absolute atomic E-state index is 0.0796. The van der Waals surface area contributed by atoms with E-state index in [0.29, 0.717) is 17.7 Å². The van der Waals surface area contributed by atoms with Crippen molar-refractivity contribution in [3.05, 3.63) is 58.1 Å². The molecule has 1 heterocycles. The number of carboxylic acid groups (broad SMARTS) is 1. The Labute approximate surface area is 155 Å². The number of carbonyl (C=O) groups is 1. The maximum Gasteiger partial charge on any atom is 0.312 e. The highest BCUT2D eigenvalue weighted by Gasteiger charge is 2.41. The van der Waals surface area contributed by atoms with Crippen LogP contribution in [0.1, 0.15) is 30.4 Å². The van der Waals surface area contributed by atoms with Crippen molar-refractivity contribution in [1.29, 1.82) is 0 Å². The smallest absolute Gasteiger partial charge is 0.312 e. The van der Waals surface area contributed by atoms with Crippen LogP contribution in [0.3, 0.4) is 0 Å². The van der Waals surface area contributed by atoms with Gasteiger partial charge in [0.2, 0.25) is 0 Å². The van der Waals surface area contributed by atoms with Crippen LogP contribution in [0.25, 0.3) is 0 Å². The number of aliphatic carboxylic acids is 1. The number of halogens is 1. The standard InChI is InChI=1S/C18H18BrNO4S/c1-2-4-12-5-3-6-15-16(18(21)22)11-20(17(12)15)25(23,24)14-9-7-13(19)8-10-14/h3,5-10,16H,2,4,11H2,1H3,(H,21,22). The summed E-state index contributed by atoms with van der Waals surface area (Å²) in [5.74, 6) is -1.86. The summed E-state index contributed by atoms with van der Waals surface area (Å²) in [5, 5.41) is 9.54. The van der Waals surface area contributed by atoms with Crippen LogP contribution in [0.5, 0.6) is 0 Å². The highest BCUT2D eigenvalue weighted by atomic mass is 79.9. The van der Waals surface area contributed by atoms with Gasteiger partial charge in [-0.1, -0.05) is 47.5 Å². The minimum Gasteiger partial charge on any atom is -0.481 e. The quantitative estimate of drug-likeness (QED) is 0.793. The van der Waals surface area contributed by atoms with E-state index in [1.165, 1.54) is 16.4 Å². The second-order valence-electron chi connectivity index (χ2n) is 5.99. The molecule has 132 valence electrons. The Bertz CT molecular complexity index is 909. The van der Waals surface area contributed by atoms with E-state index in [9.17, 15) is 18.3 Å². The normalized spacial score (nSPS) is 16.7. The molecule has 1 aliphatic heterocycles. The predicted octanol–water partition coefficient (Wildman–Crippen LogP) is 3.78. The second kappa shape index (κ2) is 6.80.